The molecule has 3 aromatic heterocycles. The molecule has 1 aromatic carbocycles. The Labute approximate surface area is 222 Å². The van der Waals surface area contributed by atoms with Crippen molar-refractivity contribution in [2.45, 2.75) is 36.6 Å². The number of benzene rings is 1. The number of methoxy groups -OCH3 is 1. The molecule has 0 aliphatic carbocycles. The molecular weight excluding hydrogens is 551 g/mol. The number of aromatic nitrogens is 6. The van der Waals surface area contributed by atoms with Crippen LogP contribution in [0.2, 0.25) is 5.02 Å². The third kappa shape index (κ3) is 4.76. The Morgan fingerprint density at radius 3 is 2.71 bits per heavy atom. The van der Waals surface area contributed by atoms with Gasteiger partial charge in [0, 0.05) is 23.7 Å². The van der Waals surface area contributed by atoms with Crippen LogP contribution in [-0.4, -0.2) is 72.0 Å². The summed E-state index contributed by atoms with van der Waals surface area (Å²) in [4.78, 5) is 4.17. The zero-order chi connectivity index (χ0) is 27.2. The number of aliphatic hydroxyl groups excluding tert-OH is 2. The maximum atomic E-state index is 13.8. The van der Waals surface area contributed by atoms with Crippen LogP contribution in [0, 0.1) is 0 Å². The van der Waals surface area contributed by atoms with Gasteiger partial charge >= 0.3 is 6.18 Å². The Morgan fingerprint density at radius 2 is 2.05 bits per heavy atom. The van der Waals surface area contributed by atoms with Gasteiger partial charge in [-0.05, 0) is 24.3 Å². The zero-order valence-electron chi connectivity index (χ0n) is 19.5. The van der Waals surface area contributed by atoms with Crippen molar-refractivity contribution >= 4 is 28.1 Å². The molecule has 0 radical (unpaired) electrons. The summed E-state index contributed by atoms with van der Waals surface area (Å²) in [6, 6.07) is 3.65. The maximum absolute atomic E-state index is 13.8. The number of anilines is 1. The molecule has 0 unspecified atom stereocenters. The molecule has 5 rings (SSSR count). The largest absolute Gasteiger partial charge is 0.418 e. The van der Waals surface area contributed by atoms with Crippen molar-refractivity contribution < 1.29 is 32.9 Å². The van der Waals surface area contributed by atoms with E-state index in [1.54, 1.807) is 5.38 Å². The monoisotopic (exact) mass is 571 g/mol. The van der Waals surface area contributed by atoms with Crippen molar-refractivity contribution in [3.05, 3.63) is 58.3 Å². The fraction of sp³-hybridized carbons (Fsp3) is 0.364. The third-order valence-corrected chi connectivity index (χ3v) is 7.11. The van der Waals surface area contributed by atoms with Gasteiger partial charge in [0.15, 0.2) is 5.13 Å². The van der Waals surface area contributed by atoms with E-state index in [1.807, 2.05) is 0 Å². The first-order valence-corrected chi connectivity index (χ1v) is 12.4. The van der Waals surface area contributed by atoms with Gasteiger partial charge in [-0.15, -0.1) is 16.4 Å². The van der Waals surface area contributed by atoms with Gasteiger partial charge in [-0.1, -0.05) is 16.8 Å². The van der Waals surface area contributed by atoms with Crippen molar-refractivity contribution in [3.63, 3.8) is 0 Å². The van der Waals surface area contributed by atoms with E-state index >= 15 is 0 Å². The molecule has 4 N–H and O–H groups in total. The molecule has 1 aliphatic rings. The molecule has 4 heterocycles. The quantitative estimate of drug-likeness (QED) is 0.318. The SMILES string of the molecule is CO[C@@H]1[C@@H](n2cc(-c3csc(N)n3)nn2)[C@@H](O)[C@@H](CO)O[C@H]1c1ccnn1-c1cc(Cl)ccc1C(F)(F)F. The summed E-state index contributed by atoms with van der Waals surface area (Å²) in [5.41, 5.74) is 5.45. The number of alkyl halides is 3. The normalized spacial score (nSPS) is 24.1. The standard InChI is InChI=1S/C22H21ClF3N7O4S/c1-36-20-17(32-7-12(30-31-32)13-9-38-21(27)29-13)18(35)16(8-34)37-19(20)14-4-5-28-33(14)15-6-10(23)2-3-11(15)22(24,25)26/h2-7,9,16-20,34-35H,8H2,1H3,(H2,27,29)/t16-,17+,18+,19+,20-/m1/s1. The summed E-state index contributed by atoms with van der Waals surface area (Å²) in [5.74, 6) is 0. The first kappa shape index (κ1) is 26.5. The number of halogens is 4. The lowest BCUT2D eigenvalue weighted by Crippen LogP contribution is -2.53. The highest BCUT2D eigenvalue weighted by Crippen LogP contribution is 2.42. The Morgan fingerprint density at radius 1 is 1.26 bits per heavy atom. The van der Waals surface area contributed by atoms with E-state index in [0.29, 0.717) is 16.5 Å². The molecule has 0 bridgehead atoms. The highest BCUT2D eigenvalue weighted by atomic mass is 35.5. The number of hydrogen-bond acceptors (Lipinski definition) is 10. The summed E-state index contributed by atoms with van der Waals surface area (Å²) in [6.07, 6.45) is -6.39. The van der Waals surface area contributed by atoms with Gasteiger partial charge in [-0.25, -0.2) is 14.3 Å². The Kier molecular flexibility index (Phi) is 7.15. The maximum Gasteiger partial charge on any atom is 0.418 e. The second-order valence-electron chi connectivity index (χ2n) is 8.44. The van der Waals surface area contributed by atoms with Crippen LogP contribution in [0.15, 0.2) is 42.0 Å². The third-order valence-electron chi connectivity index (χ3n) is 6.20. The van der Waals surface area contributed by atoms with Crippen LogP contribution in [0.5, 0.6) is 0 Å². The number of hydrogen-bond donors (Lipinski definition) is 3. The molecule has 1 fully saturated rings. The van der Waals surface area contributed by atoms with Crippen LogP contribution < -0.4 is 5.73 Å². The molecule has 5 atom stereocenters. The fourth-order valence-electron chi connectivity index (χ4n) is 4.49. The predicted molar refractivity (Wildman–Crippen MR) is 130 cm³/mol. The number of nitrogens with two attached hydrogens (primary N) is 1. The Hall–Kier alpha value is -3.08. The molecular formula is C22H21ClF3N7O4S. The van der Waals surface area contributed by atoms with Crippen LogP contribution in [-0.2, 0) is 15.7 Å². The van der Waals surface area contributed by atoms with Gasteiger partial charge in [0.2, 0.25) is 0 Å². The van der Waals surface area contributed by atoms with E-state index in [1.165, 1.54) is 41.6 Å². The van der Waals surface area contributed by atoms with Crippen molar-refractivity contribution in [1.29, 1.82) is 0 Å². The van der Waals surface area contributed by atoms with Crippen molar-refractivity contribution in [2.24, 2.45) is 0 Å². The van der Waals surface area contributed by atoms with Crippen LogP contribution in [0.3, 0.4) is 0 Å². The first-order valence-electron chi connectivity index (χ1n) is 11.1. The first-order chi connectivity index (χ1) is 18.1. The van der Waals surface area contributed by atoms with E-state index < -0.39 is 48.8 Å². The van der Waals surface area contributed by atoms with Crippen molar-refractivity contribution in [3.8, 4) is 17.1 Å². The van der Waals surface area contributed by atoms with Crippen LogP contribution in [0.4, 0.5) is 18.3 Å². The molecule has 38 heavy (non-hydrogen) atoms. The molecule has 1 aliphatic heterocycles. The fourth-order valence-corrected chi connectivity index (χ4v) is 5.22. The molecule has 202 valence electrons. The molecule has 16 heteroatoms. The van der Waals surface area contributed by atoms with Gasteiger partial charge in [-0.2, -0.15) is 18.3 Å². The van der Waals surface area contributed by atoms with Crippen molar-refractivity contribution in [1.82, 2.24) is 29.8 Å². The highest BCUT2D eigenvalue weighted by Gasteiger charge is 2.49. The second kappa shape index (κ2) is 10.2. The Balaban J connectivity index is 1.58. The number of nitrogens with zero attached hydrogens (tertiary/aromatic N) is 6. The van der Waals surface area contributed by atoms with Gasteiger partial charge in [-0.3, -0.25) is 0 Å². The van der Waals surface area contributed by atoms with E-state index in [4.69, 9.17) is 26.8 Å². The topological polar surface area (TPSA) is 146 Å². The zero-order valence-corrected chi connectivity index (χ0v) is 21.1. The minimum Gasteiger partial charge on any atom is -0.394 e. The van der Waals surface area contributed by atoms with Gasteiger partial charge in [0.1, 0.15) is 41.8 Å². The predicted octanol–water partition coefficient (Wildman–Crippen LogP) is 2.89. The van der Waals surface area contributed by atoms with Crippen molar-refractivity contribution in [2.75, 3.05) is 19.5 Å². The molecule has 0 amide bonds. The van der Waals surface area contributed by atoms with Gasteiger partial charge < -0.3 is 25.4 Å². The summed E-state index contributed by atoms with van der Waals surface area (Å²) < 4.78 is 55.6. The summed E-state index contributed by atoms with van der Waals surface area (Å²) in [7, 11) is 1.36. The molecule has 0 saturated carbocycles. The lowest BCUT2D eigenvalue weighted by atomic mass is 9.90. The summed E-state index contributed by atoms with van der Waals surface area (Å²) in [5, 5.41) is 35.5. The smallest absolute Gasteiger partial charge is 0.394 e. The van der Waals surface area contributed by atoms with E-state index in [0.717, 1.165) is 22.9 Å². The second-order valence-corrected chi connectivity index (χ2v) is 9.77. The number of ether oxygens (including phenoxy) is 2. The van der Waals surface area contributed by atoms with Crippen LogP contribution in [0.1, 0.15) is 23.4 Å². The van der Waals surface area contributed by atoms with Crippen LogP contribution >= 0.6 is 22.9 Å². The number of thiazole rings is 1. The number of aliphatic hydroxyl groups is 2. The lowest BCUT2D eigenvalue weighted by Gasteiger charge is -2.43. The van der Waals surface area contributed by atoms with E-state index in [2.05, 4.69) is 20.4 Å². The molecule has 1 saturated heterocycles. The van der Waals surface area contributed by atoms with E-state index in [-0.39, 0.29) is 16.4 Å². The van der Waals surface area contributed by atoms with Gasteiger partial charge in [0.25, 0.3) is 0 Å². The average molecular weight is 572 g/mol. The minimum absolute atomic E-state index is 0.0710. The number of nitrogen functional groups attached to an aromatic ring is 1. The van der Waals surface area contributed by atoms with E-state index in [9.17, 15) is 23.4 Å². The van der Waals surface area contributed by atoms with Crippen LogP contribution in [0.25, 0.3) is 17.1 Å². The summed E-state index contributed by atoms with van der Waals surface area (Å²) >= 11 is 7.26. The minimum atomic E-state index is -4.69. The lowest BCUT2D eigenvalue weighted by molar-refractivity contribution is -0.216. The molecule has 4 aromatic rings. The summed E-state index contributed by atoms with van der Waals surface area (Å²) in [6.45, 7) is -0.589. The molecule has 11 nitrogen and oxygen atoms in total. The Bertz CT molecular complexity index is 1430. The molecule has 0 spiro atoms. The number of rotatable bonds is 6. The van der Waals surface area contributed by atoms with Gasteiger partial charge in [0.05, 0.1) is 29.7 Å². The highest BCUT2D eigenvalue weighted by molar-refractivity contribution is 7.13. The average Bonchev–Trinajstić information content (AvgIpc) is 3.63.